The number of aliphatic hydroxyl groups excluding tert-OH is 1. The largest absolute Gasteiger partial charge is 0.393 e. The van der Waals surface area contributed by atoms with Crippen LogP contribution in [0.4, 0.5) is 0 Å². The van der Waals surface area contributed by atoms with E-state index in [4.69, 9.17) is 0 Å². The van der Waals surface area contributed by atoms with Crippen LogP contribution in [-0.2, 0) is 0 Å². The van der Waals surface area contributed by atoms with Gasteiger partial charge >= 0.3 is 0 Å². The molecular formula is C14H14I3NO2. The first kappa shape index (κ1) is 15.7. The smallest absolute Gasteiger partial charge is 0.255 e. The first-order valence-corrected chi connectivity index (χ1v) is 9.86. The van der Waals surface area contributed by atoms with Crippen LogP contribution in [0.3, 0.4) is 0 Å². The van der Waals surface area contributed by atoms with Crippen molar-refractivity contribution in [1.82, 2.24) is 4.90 Å². The number of carbonyl (C=O) groups is 1. The van der Waals surface area contributed by atoms with Crippen molar-refractivity contribution in [2.24, 2.45) is 0 Å². The fourth-order valence-corrected chi connectivity index (χ4v) is 5.72. The molecule has 2 saturated heterocycles. The van der Waals surface area contributed by atoms with Crippen LogP contribution < -0.4 is 0 Å². The average Bonchev–Trinajstić information content (AvgIpc) is 2.65. The third-order valence-electron chi connectivity index (χ3n) is 4.17. The summed E-state index contributed by atoms with van der Waals surface area (Å²) in [5.74, 6) is 0.144. The topological polar surface area (TPSA) is 40.5 Å². The molecule has 6 heteroatoms. The van der Waals surface area contributed by atoms with Gasteiger partial charge in [-0.05, 0) is 106 Å². The summed E-state index contributed by atoms with van der Waals surface area (Å²) in [7, 11) is 0. The summed E-state index contributed by atoms with van der Waals surface area (Å²) in [4.78, 5) is 15.0. The van der Waals surface area contributed by atoms with Crippen LogP contribution in [0.2, 0.25) is 0 Å². The summed E-state index contributed by atoms with van der Waals surface area (Å²) in [6, 6.07) is 4.52. The molecule has 2 aliphatic heterocycles. The van der Waals surface area contributed by atoms with Crippen molar-refractivity contribution in [2.45, 2.75) is 43.9 Å². The highest BCUT2D eigenvalue weighted by molar-refractivity contribution is 14.1. The monoisotopic (exact) mass is 609 g/mol. The minimum absolute atomic E-state index is 0.144. The summed E-state index contributed by atoms with van der Waals surface area (Å²) >= 11 is 6.81. The maximum Gasteiger partial charge on any atom is 0.255 e. The van der Waals surface area contributed by atoms with Gasteiger partial charge in [-0.15, -0.1) is 0 Å². The maximum absolute atomic E-state index is 12.9. The molecule has 0 spiro atoms. The van der Waals surface area contributed by atoms with Gasteiger partial charge < -0.3 is 10.0 Å². The minimum atomic E-state index is -0.230. The fraction of sp³-hybridized carbons (Fsp3) is 0.500. The third-order valence-corrected chi connectivity index (χ3v) is 7.83. The summed E-state index contributed by atoms with van der Waals surface area (Å²) in [6.45, 7) is 0. The number of piperidine rings is 1. The lowest BCUT2D eigenvalue weighted by molar-refractivity contribution is 0.0286. The van der Waals surface area contributed by atoms with Crippen LogP contribution in [0.25, 0.3) is 0 Å². The Hall–Kier alpha value is 0.840. The Bertz CT molecular complexity index is 550. The zero-order valence-electron chi connectivity index (χ0n) is 10.7. The van der Waals surface area contributed by atoms with Crippen LogP contribution >= 0.6 is 67.8 Å². The van der Waals surface area contributed by atoms with E-state index in [1.54, 1.807) is 0 Å². The van der Waals surface area contributed by atoms with E-state index in [9.17, 15) is 9.90 Å². The lowest BCUT2D eigenvalue weighted by Gasteiger charge is -2.37. The molecule has 2 unspecified atom stereocenters. The number of amides is 1. The Labute approximate surface area is 159 Å². The number of nitrogens with zero attached hydrogens (tertiary/aromatic N) is 1. The molecule has 20 heavy (non-hydrogen) atoms. The number of benzene rings is 1. The standard InChI is InChI=1S/C14H14I3NO2/c15-7-3-11(13(17)12(16)4-7)14(20)18-8-1-2-9(18)6-10(19)5-8/h3-4,8-10,19H,1-2,5-6H2. The highest BCUT2D eigenvalue weighted by Gasteiger charge is 2.43. The molecule has 2 atom stereocenters. The fourth-order valence-electron chi connectivity index (χ4n) is 3.33. The Morgan fingerprint density at radius 3 is 2.35 bits per heavy atom. The Morgan fingerprint density at radius 1 is 1.15 bits per heavy atom. The first-order valence-electron chi connectivity index (χ1n) is 6.62. The molecule has 1 N–H and O–H groups in total. The van der Waals surface area contributed by atoms with Crippen molar-refractivity contribution in [1.29, 1.82) is 0 Å². The first-order chi connectivity index (χ1) is 9.47. The second kappa shape index (κ2) is 6.15. The van der Waals surface area contributed by atoms with Crippen molar-refractivity contribution in [2.75, 3.05) is 0 Å². The zero-order valence-corrected chi connectivity index (χ0v) is 17.1. The number of hydrogen-bond donors (Lipinski definition) is 1. The van der Waals surface area contributed by atoms with Crippen LogP contribution in [0.15, 0.2) is 12.1 Å². The second-order valence-electron chi connectivity index (χ2n) is 5.47. The van der Waals surface area contributed by atoms with E-state index in [1.165, 1.54) is 0 Å². The van der Waals surface area contributed by atoms with Crippen molar-refractivity contribution in [3.63, 3.8) is 0 Å². The minimum Gasteiger partial charge on any atom is -0.393 e. The lowest BCUT2D eigenvalue weighted by atomic mass is 9.99. The maximum atomic E-state index is 12.9. The number of hydrogen-bond acceptors (Lipinski definition) is 2. The lowest BCUT2D eigenvalue weighted by Crippen LogP contribution is -2.48. The Balaban J connectivity index is 1.94. The molecule has 0 aliphatic carbocycles. The number of carbonyl (C=O) groups excluding carboxylic acids is 1. The van der Waals surface area contributed by atoms with Crippen molar-refractivity contribution >= 4 is 73.7 Å². The van der Waals surface area contributed by atoms with E-state index in [-0.39, 0.29) is 24.1 Å². The van der Waals surface area contributed by atoms with Gasteiger partial charge in [0.25, 0.3) is 5.91 Å². The Morgan fingerprint density at radius 2 is 1.75 bits per heavy atom. The molecule has 2 bridgehead atoms. The Kier molecular flexibility index (Phi) is 4.84. The molecule has 108 valence electrons. The molecule has 2 aliphatic rings. The number of halogens is 3. The van der Waals surface area contributed by atoms with Crippen molar-refractivity contribution in [3.8, 4) is 0 Å². The van der Waals surface area contributed by atoms with Crippen LogP contribution in [0.5, 0.6) is 0 Å². The van der Waals surface area contributed by atoms with Gasteiger partial charge in [0.2, 0.25) is 0 Å². The van der Waals surface area contributed by atoms with Gasteiger partial charge in [-0.2, -0.15) is 0 Å². The summed E-state index contributed by atoms with van der Waals surface area (Å²) in [6.07, 6.45) is 3.31. The van der Waals surface area contributed by atoms with E-state index >= 15 is 0 Å². The number of aliphatic hydroxyl groups is 1. The third kappa shape index (κ3) is 2.85. The number of fused-ring (bicyclic) bond motifs is 2. The molecule has 0 aromatic heterocycles. The van der Waals surface area contributed by atoms with E-state index < -0.39 is 0 Å². The highest BCUT2D eigenvalue weighted by Crippen LogP contribution is 2.37. The van der Waals surface area contributed by atoms with Crippen molar-refractivity contribution < 1.29 is 9.90 Å². The van der Waals surface area contributed by atoms with E-state index in [2.05, 4.69) is 73.8 Å². The van der Waals surface area contributed by atoms with Gasteiger partial charge in [0.15, 0.2) is 0 Å². The quantitative estimate of drug-likeness (QED) is 0.391. The van der Waals surface area contributed by atoms with Crippen LogP contribution in [0.1, 0.15) is 36.0 Å². The van der Waals surface area contributed by atoms with Gasteiger partial charge in [0.05, 0.1) is 11.7 Å². The highest BCUT2D eigenvalue weighted by atomic mass is 127. The van der Waals surface area contributed by atoms with Crippen LogP contribution in [-0.4, -0.2) is 34.1 Å². The van der Waals surface area contributed by atoms with Gasteiger partial charge in [0, 0.05) is 22.8 Å². The zero-order chi connectivity index (χ0) is 14.4. The van der Waals surface area contributed by atoms with Gasteiger partial charge in [-0.3, -0.25) is 4.79 Å². The average molecular weight is 609 g/mol. The SMILES string of the molecule is O=C(c1cc(I)cc(I)c1I)N1C2CCC1CC(O)C2. The molecule has 1 aromatic rings. The van der Waals surface area contributed by atoms with E-state index in [0.717, 1.165) is 42.0 Å². The summed E-state index contributed by atoms with van der Waals surface area (Å²) in [5, 5.41) is 9.86. The van der Waals surface area contributed by atoms with Gasteiger partial charge in [-0.25, -0.2) is 0 Å². The molecule has 0 radical (unpaired) electrons. The second-order valence-corrected chi connectivity index (χ2v) is 8.96. The predicted molar refractivity (Wildman–Crippen MR) is 103 cm³/mol. The molecule has 0 saturated carbocycles. The molecular weight excluding hydrogens is 595 g/mol. The van der Waals surface area contributed by atoms with E-state index in [0.29, 0.717) is 0 Å². The summed E-state index contributed by atoms with van der Waals surface area (Å²) in [5.41, 5.74) is 0.815. The molecule has 1 amide bonds. The van der Waals surface area contributed by atoms with E-state index in [1.807, 2.05) is 11.0 Å². The number of rotatable bonds is 1. The van der Waals surface area contributed by atoms with Gasteiger partial charge in [-0.1, -0.05) is 0 Å². The normalized spacial score (nSPS) is 28.8. The van der Waals surface area contributed by atoms with Crippen molar-refractivity contribution in [3.05, 3.63) is 28.4 Å². The molecule has 2 fully saturated rings. The molecule has 1 aromatic carbocycles. The summed E-state index contributed by atoms with van der Waals surface area (Å²) < 4.78 is 3.27. The van der Waals surface area contributed by atoms with Crippen LogP contribution in [0, 0.1) is 10.7 Å². The van der Waals surface area contributed by atoms with Gasteiger partial charge in [0.1, 0.15) is 0 Å². The molecule has 3 nitrogen and oxygen atoms in total. The molecule has 3 rings (SSSR count). The molecule has 2 heterocycles. The predicted octanol–water partition coefficient (Wildman–Crippen LogP) is 3.63.